The molecule has 0 bridgehead atoms. The van der Waals surface area contributed by atoms with Crippen molar-refractivity contribution >= 4 is 11.9 Å². The molecule has 1 atom stereocenters. The summed E-state index contributed by atoms with van der Waals surface area (Å²) >= 11 is 0. The van der Waals surface area contributed by atoms with Crippen molar-refractivity contribution in [2.75, 3.05) is 6.61 Å². The van der Waals surface area contributed by atoms with Crippen LogP contribution in [0.1, 0.15) is 28.5 Å². The Morgan fingerprint density at radius 2 is 2.14 bits per heavy atom. The van der Waals surface area contributed by atoms with Crippen molar-refractivity contribution in [1.82, 2.24) is 14.9 Å². The van der Waals surface area contributed by atoms with Gasteiger partial charge in [0.1, 0.15) is 5.69 Å². The molecule has 0 saturated heterocycles. The summed E-state index contributed by atoms with van der Waals surface area (Å²) in [5, 5.41) is 18.8. The van der Waals surface area contributed by atoms with Gasteiger partial charge in [0.25, 0.3) is 5.91 Å². The van der Waals surface area contributed by atoms with Crippen LogP contribution in [0.5, 0.6) is 0 Å². The lowest BCUT2D eigenvalue weighted by molar-refractivity contribution is 0.0971. The van der Waals surface area contributed by atoms with Gasteiger partial charge < -0.3 is 15.4 Å². The highest BCUT2D eigenvalue weighted by molar-refractivity contribution is 6.03. The SMILES string of the molecule is N=C(N)NC(=O)c1cn([C@H](CO)CCc2ccccc2)cn1. The molecular weight excluding hydrogens is 282 g/mol. The number of nitrogens with zero attached hydrogens (tertiary/aromatic N) is 2. The number of hydrogen-bond acceptors (Lipinski definition) is 4. The number of benzene rings is 1. The highest BCUT2D eigenvalue weighted by Crippen LogP contribution is 2.15. The summed E-state index contributed by atoms with van der Waals surface area (Å²) in [6.07, 6.45) is 4.59. The number of aromatic nitrogens is 2. The first-order valence-electron chi connectivity index (χ1n) is 6.93. The second-order valence-electron chi connectivity index (χ2n) is 4.93. The molecule has 1 amide bonds. The van der Waals surface area contributed by atoms with Crippen LogP contribution in [-0.2, 0) is 6.42 Å². The average molecular weight is 301 g/mol. The first-order valence-corrected chi connectivity index (χ1v) is 6.93. The minimum absolute atomic E-state index is 0.0447. The summed E-state index contributed by atoms with van der Waals surface area (Å²) < 4.78 is 1.71. The monoisotopic (exact) mass is 301 g/mol. The summed E-state index contributed by atoms with van der Waals surface area (Å²) in [4.78, 5) is 15.7. The molecule has 7 heteroatoms. The van der Waals surface area contributed by atoms with E-state index in [1.165, 1.54) is 11.9 Å². The Balaban J connectivity index is 2.00. The van der Waals surface area contributed by atoms with Crippen LogP contribution in [0.25, 0.3) is 0 Å². The number of nitrogens with one attached hydrogen (secondary N) is 2. The predicted molar refractivity (Wildman–Crippen MR) is 82.5 cm³/mol. The molecule has 2 rings (SSSR count). The number of amides is 1. The molecule has 0 saturated carbocycles. The van der Waals surface area contributed by atoms with Crippen LogP contribution in [-0.4, -0.2) is 33.1 Å². The Morgan fingerprint density at radius 3 is 2.77 bits per heavy atom. The molecule has 1 heterocycles. The van der Waals surface area contributed by atoms with Gasteiger partial charge in [0.05, 0.1) is 19.0 Å². The molecule has 2 aromatic rings. The number of aliphatic hydroxyl groups excluding tert-OH is 1. The molecule has 116 valence electrons. The molecule has 0 radical (unpaired) electrons. The molecule has 5 N–H and O–H groups in total. The fraction of sp³-hybridized carbons (Fsp3) is 0.267. The van der Waals surface area contributed by atoms with Gasteiger partial charge in [0.2, 0.25) is 0 Å². The fourth-order valence-corrected chi connectivity index (χ4v) is 2.15. The maximum Gasteiger partial charge on any atom is 0.278 e. The smallest absolute Gasteiger partial charge is 0.278 e. The third-order valence-electron chi connectivity index (χ3n) is 3.32. The minimum atomic E-state index is -0.536. The molecule has 0 aliphatic rings. The number of guanidine groups is 1. The topological polar surface area (TPSA) is 117 Å². The van der Waals surface area contributed by atoms with E-state index in [1.54, 1.807) is 10.8 Å². The van der Waals surface area contributed by atoms with E-state index < -0.39 is 11.9 Å². The van der Waals surface area contributed by atoms with Crippen molar-refractivity contribution in [2.45, 2.75) is 18.9 Å². The van der Waals surface area contributed by atoms with E-state index in [0.717, 1.165) is 12.8 Å². The third-order valence-corrected chi connectivity index (χ3v) is 3.32. The Bertz CT molecular complexity index is 638. The van der Waals surface area contributed by atoms with E-state index in [2.05, 4.69) is 10.3 Å². The van der Waals surface area contributed by atoms with Gasteiger partial charge >= 0.3 is 0 Å². The number of carbonyl (C=O) groups is 1. The van der Waals surface area contributed by atoms with Crippen LogP contribution in [0, 0.1) is 5.41 Å². The summed E-state index contributed by atoms with van der Waals surface area (Å²) in [6, 6.07) is 9.83. The lowest BCUT2D eigenvalue weighted by Gasteiger charge is -2.15. The second-order valence-corrected chi connectivity index (χ2v) is 4.93. The number of aryl methyl sites for hydroxylation is 1. The molecule has 1 aromatic heterocycles. The zero-order valence-electron chi connectivity index (χ0n) is 12.1. The van der Waals surface area contributed by atoms with Gasteiger partial charge in [-0.1, -0.05) is 30.3 Å². The summed E-state index contributed by atoms with van der Waals surface area (Å²) in [6.45, 7) is -0.0447. The van der Waals surface area contributed by atoms with E-state index in [0.29, 0.717) is 0 Å². The lowest BCUT2D eigenvalue weighted by Crippen LogP contribution is -2.35. The van der Waals surface area contributed by atoms with Crippen LogP contribution < -0.4 is 11.1 Å². The molecule has 22 heavy (non-hydrogen) atoms. The maximum absolute atomic E-state index is 11.7. The summed E-state index contributed by atoms with van der Waals surface area (Å²) in [5.74, 6) is -0.965. The van der Waals surface area contributed by atoms with E-state index in [1.807, 2.05) is 30.3 Å². The molecule has 1 aromatic carbocycles. The van der Waals surface area contributed by atoms with Gasteiger partial charge in [-0.25, -0.2) is 4.98 Å². The van der Waals surface area contributed by atoms with Crippen LogP contribution in [0.2, 0.25) is 0 Å². The van der Waals surface area contributed by atoms with Crippen molar-refractivity contribution in [3.05, 3.63) is 54.1 Å². The van der Waals surface area contributed by atoms with Gasteiger partial charge in [-0.05, 0) is 18.4 Å². The zero-order valence-corrected chi connectivity index (χ0v) is 12.1. The highest BCUT2D eigenvalue weighted by atomic mass is 16.3. The second kappa shape index (κ2) is 7.37. The van der Waals surface area contributed by atoms with Crippen molar-refractivity contribution < 1.29 is 9.90 Å². The molecular formula is C15H19N5O2. The van der Waals surface area contributed by atoms with Crippen molar-refractivity contribution in [2.24, 2.45) is 5.73 Å². The van der Waals surface area contributed by atoms with E-state index in [-0.39, 0.29) is 18.3 Å². The number of carbonyl (C=O) groups excluding carboxylic acids is 1. The molecule has 0 spiro atoms. The number of nitrogens with two attached hydrogens (primary N) is 1. The zero-order chi connectivity index (χ0) is 15.9. The summed E-state index contributed by atoms with van der Waals surface area (Å²) in [5.41, 5.74) is 6.46. The number of aliphatic hydroxyl groups is 1. The molecule has 0 fully saturated rings. The largest absolute Gasteiger partial charge is 0.394 e. The van der Waals surface area contributed by atoms with E-state index in [4.69, 9.17) is 11.1 Å². The standard InChI is InChI=1S/C15H19N5O2/c16-15(17)19-14(22)13-8-20(10-18-13)12(9-21)7-6-11-4-2-1-3-5-11/h1-5,8,10,12,21H,6-7,9H2,(H4,16,17,19,22)/t12-/m0/s1. The fourth-order valence-electron chi connectivity index (χ4n) is 2.15. The van der Waals surface area contributed by atoms with E-state index in [9.17, 15) is 9.90 Å². The minimum Gasteiger partial charge on any atom is -0.394 e. The Kier molecular flexibility index (Phi) is 5.26. The number of rotatable bonds is 6. The van der Waals surface area contributed by atoms with Gasteiger partial charge in [-0.2, -0.15) is 0 Å². The van der Waals surface area contributed by atoms with Gasteiger partial charge in [0.15, 0.2) is 5.96 Å². The highest BCUT2D eigenvalue weighted by Gasteiger charge is 2.15. The van der Waals surface area contributed by atoms with Crippen LogP contribution in [0.4, 0.5) is 0 Å². The number of hydrogen-bond donors (Lipinski definition) is 4. The predicted octanol–water partition coefficient (Wildman–Crippen LogP) is 0.673. The molecule has 0 aliphatic heterocycles. The first kappa shape index (κ1) is 15.7. The number of imidazole rings is 1. The average Bonchev–Trinajstić information content (AvgIpc) is 2.98. The lowest BCUT2D eigenvalue weighted by atomic mass is 10.1. The Hall–Kier alpha value is -2.67. The van der Waals surface area contributed by atoms with Crippen molar-refractivity contribution in [3.63, 3.8) is 0 Å². The van der Waals surface area contributed by atoms with Gasteiger partial charge in [0, 0.05) is 6.20 Å². The molecule has 0 unspecified atom stereocenters. The normalized spacial score (nSPS) is 11.9. The van der Waals surface area contributed by atoms with Crippen LogP contribution in [0.15, 0.2) is 42.9 Å². The van der Waals surface area contributed by atoms with Crippen LogP contribution in [0.3, 0.4) is 0 Å². The molecule has 0 aliphatic carbocycles. The van der Waals surface area contributed by atoms with Crippen LogP contribution >= 0.6 is 0 Å². The first-order chi connectivity index (χ1) is 10.6. The van der Waals surface area contributed by atoms with E-state index >= 15 is 0 Å². The Labute approximate surface area is 128 Å². The summed E-state index contributed by atoms with van der Waals surface area (Å²) in [7, 11) is 0. The third kappa shape index (κ3) is 4.16. The Morgan fingerprint density at radius 1 is 1.41 bits per heavy atom. The van der Waals surface area contributed by atoms with Crippen molar-refractivity contribution in [1.29, 1.82) is 5.41 Å². The molecule has 7 nitrogen and oxygen atoms in total. The van der Waals surface area contributed by atoms with Crippen molar-refractivity contribution in [3.8, 4) is 0 Å². The van der Waals surface area contributed by atoms with Gasteiger partial charge in [-0.3, -0.25) is 15.5 Å². The quantitative estimate of drug-likeness (QED) is 0.463. The maximum atomic E-state index is 11.7. The van der Waals surface area contributed by atoms with Gasteiger partial charge in [-0.15, -0.1) is 0 Å².